The molecule has 4 nitrogen and oxygen atoms in total. The minimum atomic E-state index is -0.564. The number of halogens is 3. The first-order chi connectivity index (χ1) is 6.18. The van der Waals surface area contributed by atoms with Crippen LogP contribution in [0.1, 0.15) is 0 Å². The van der Waals surface area contributed by atoms with Crippen molar-refractivity contribution in [2.24, 2.45) is 0 Å². The maximum atomic E-state index is 12.9. The maximum absolute atomic E-state index is 12.9. The molecule has 2 rings (SSSR count). The van der Waals surface area contributed by atoms with E-state index in [0.717, 1.165) is 6.07 Å². The molecule has 1 heterocycles. The summed E-state index contributed by atoms with van der Waals surface area (Å²) in [5, 5.41) is 0.293. The van der Waals surface area contributed by atoms with Crippen LogP contribution in [0, 0.1) is 5.82 Å². The van der Waals surface area contributed by atoms with E-state index in [-0.39, 0.29) is 36.1 Å². The lowest BCUT2D eigenvalue weighted by atomic mass is 10.2. The zero-order valence-electron chi connectivity index (χ0n) is 7.36. The summed E-state index contributed by atoms with van der Waals surface area (Å²) in [6.45, 7) is 0. The van der Waals surface area contributed by atoms with E-state index >= 15 is 0 Å². The lowest BCUT2D eigenvalue weighted by Gasteiger charge is -1.98. The number of hydrogen-bond acceptors (Lipinski definition) is 3. The topological polar surface area (TPSA) is 71.8 Å². The Morgan fingerprint density at radius 3 is 2.67 bits per heavy atom. The van der Waals surface area contributed by atoms with Crippen molar-refractivity contribution in [2.45, 2.75) is 0 Å². The van der Waals surface area contributed by atoms with Crippen LogP contribution in [0.2, 0.25) is 0 Å². The highest BCUT2D eigenvalue weighted by Gasteiger charge is 2.04. The van der Waals surface area contributed by atoms with Crippen LogP contribution in [-0.4, -0.2) is 9.97 Å². The number of aromatic nitrogens is 2. The Bertz CT molecular complexity index is 529. The highest BCUT2D eigenvalue weighted by Crippen LogP contribution is 2.15. The summed E-state index contributed by atoms with van der Waals surface area (Å²) in [4.78, 5) is 17.3. The molecule has 0 spiro atoms. The van der Waals surface area contributed by atoms with Gasteiger partial charge in [0, 0.05) is 6.07 Å². The molecular formula is C8H8Cl2FN3O. The zero-order valence-corrected chi connectivity index (χ0v) is 8.99. The number of nitrogens with zero attached hydrogens (tertiary/aromatic N) is 1. The molecule has 0 aliphatic carbocycles. The Morgan fingerprint density at radius 2 is 2.00 bits per heavy atom. The number of nitrogens with two attached hydrogens (primary N) is 1. The largest absolute Gasteiger partial charge is 0.396 e. The molecule has 0 amide bonds. The fourth-order valence-corrected chi connectivity index (χ4v) is 1.11. The first kappa shape index (κ1) is 13.7. The average molecular weight is 252 g/mol. The summed E-state index contributed by atoms with van der Waals surface area (Å²) in [6, 6.07) is 2.41. The maximum Gasteiger partial charge on any atom is 0.258 e. The van der Waals surface area contributed by atoms with Crippen molar-refractivity contribution in [3.05, 3.63) is 34.6 Å². The molecule has 1 aromatic carbocycles. The number of rotatable bonds is 0. The Balaban J connectivity index is 0.000000980. The predicted molar refractivity (Wildman–Crippen MR) is 61.2 cm³/mol. The number of aromatic amines is 1. The van der Waals surface area contributed by atoms with Crippen molar-refractivity contribution >= 4 is 41.4 Å². The van der Waals surface area contributed by atoms with Gasteiger partial charge in [0.15, 0.2) is 0 Å². The van der Waals surface area contributed by atoms with Gasteiger partial charge in [0.05, 0.1) is 22.9 Å². The van der Waals surface area contributed by atoms with Gasteiger partial charge in [0.25, 0.3) is 5.56 Å². The monoisotopic (exact) mass is 251 g/mol. The second-order valence-electron chi connectivity index (χ2n) is 2.62. The number of benzene rings is 1. The van der Waals surface area contributed by atoms with E-state index in [4.69, 9.17) is 5.73 Å². The van der Waals surface area contributed by atoms with Gasteiger partial charge in [-0.05, 0) is 6.07 Å². The summed E-state index contributed by atoms with van der Waals surface area (Å²) in [5.74, 6) is -0.564. The van der Waals surface area contributed by atoms with Gasteiger partial charge >= 0.3 is 0 Å². The van der Waals surface area contributed by atoms with Crippen molar-refractivity contribution in [3.8, 4) is 0 Å². The number of fused-ring (bicyclic) bond motifs is 1. The Hall–Kier alpha value is -1.33. The van der Waals surface area contributed by atoms with Crippen LogP contribution in [0.3, 0.4) is 0 Å². The van der Waals surface area contributed by atoms with E-state index in [1.807, 2.05) is 0 Å². The summed E-state index contributed by atoms with van der Waals surface area (Å²) in [6.07, 6.45) is 1.22. The number of nitrogens with one attached hydrogen (secondary N) is 1. The molecule has 0 saturated carbocycles. The molecule has 0 atom stereocenters. The van der Waals surface area contributed by atoms with Gasteiger partial charge in [-0.2, -0.15) is 0 Å². The third-order valence-electron chi connectivity index (χ3n) is 1.76. The van der Waals surface area contributed by atoms with Gasteiger partial charge in [-0.1, -0.05) is 0 Å². The minimum Gasteiger partial charge on any atom is -0.396 e. The van der Waals surface area contributed by atoms with Crippen LogP contribution in [0.25, 0.3) is 10.9 Å². The van der Waals surface area contributed by atoms with Crippen molar-refractivity contribution in [3.63, 3.8) is 0 Å². The third-order valence-corrected chi connectivity index (χ3v) is 1.76. The van der Waals surface area contributed by atoms with Crippen LogP contribution >= 0.6 is 24.8 Å². The second-order valence-corrected chi connectivity index (χ2v) is 2.62. The van der Waals surface area contributed by atoms with Crippen molar-refractivity contribution in [1.29, 1.82) is 0 Å². The highest BCUT2D eigenvalue weighted by molar-refractivity contribution is 5.85. The molecule has 0 bridgehead atoms. The number of nitrogen functional groups attached to an aromatic ring is 1. The number of H-pyrrole nitrogens is 1. The molecule has 15 heavy (non-hydrogen) atoms. The van der Waals surface area contributed by atoms with Gasteiger partial charge in [-0.3, -0.25) is 4.79 Å². The van der Waals surface area contributed by atoms with Crippen molar-refractivity contribution < 1.29 is 4.39 Å². The van der Waals surface area contributed by atoms with Crippen molar-refractivity contribution in [2.75, 3.05) is 5.73 Å². The molecule has 1 aromatic heterocycles. The fraction of sp³-hybridized carbons (Fsp3) is 0. The SMILES string of the molecule is Cl.Cl.Nc1cc2c(=O)[nH]cnc2cc1F. The van der Waals surface area contributed by atoms with Crippen LogP contribution in [0.15, 0.2) is 23.3 Å². The first-order valence-electron chi connectivity index (χ1n) is 3.61. The van der Waals surface area contributed by atoms with Gasteiger partial charge in [-0.25, -0.2) is 9.37 Å². The molecular weight excluding hydrogens is 244 g/mol. The average Bonchev–Trinajstić information content (AvgIpc) is 2.09. The summed E-state index contributed by atoms with van der Waals surface area (Å²) >= 11 is 0. The van der Waals surface area contributed by atoms with E-state index in [0.29, 0.717) is 10.9 Å². The summed E-state index contributed by atoms with van der Waals surface area (Å²) in [5.41, 5.74) is 5.23. The molecule has 0 saturated heterocycles. The minimum absolute atomic E-state index is 0. The Labute approximate surface area is 96.5 Å². The molecule has 0 aliphatic heterocycles. The van der Waals surface area contributed by atoms with E-state index < -0.39 is 5.82 Å². The van der Waals surface area contributed by atoms with E-state index in [2.05, 4.69) is 9.97 Å². The molecule has 3 N–H and O–H groups in total. The predicted octanol–water partition coefficient (Wildman–Crippen LogP) is 1.49. The molecule has 7 heteroatoms. The molecule has 0 unspecified atom stereocenters. The van der Waals surface area contributed by atoms with Crippen molar-refractivity contribution in [1.82, 2.24) is 9.97 Å². The van der Waals surface area contributed by atoms with Crippen LogP contribution in [0.4, 0.5) is 10.1 Å². The quantitative estimate of drug-likeness (QED) is 0.697. The van der Waals surface area contributed by atoms with Crippen LogP contribution < -0.4 is 11.3 Å². The summed E-state index contributed by atoms with van der Waals surface area (Å²) in [7, 11) is 0. The second kappa shape index (κ2) is 4.95. The normalized spacial score (nSPS) is 9.13. The van der Waals surface area contributed by atoms with Gasteiger partial charge in [0.2, 0.25) is 0 Å². The molecule has 2 aromatic rings. The number of anilines is 1. The first-order valence-corrected chi connectivity index (χ1v) is 3.61. The molecule has 0 fully saturated rings. The van der Waals surface area contributed by atoms with E-state index in [9.17, 15) is 9.18 Å². The zero-order chi connectivity index (χ0) is 9.42. The standard InChI is InChI=1S/C8H6FN3O.2ClH/c9-5-2-7-4(1-6(5)10)8(13)12-3-11-7;;/h1-3H,10H2,(H,11,12,13);2*1H. The van der Waals surface area contributed by atoms with E-state index in [1.54, 1.807) is 0 Å². The van der Waals surface area contributed by atoms with Crippen LogP contribution in [-0.2, 0) is 0 Å². The number of hydrogen-bond donors (Lipinski definition) is 2. The van der Waals surface area contributed by atoms with Gasteiger partial charge in [-0.15, -0.1) is 24.8 Å². The third kappa shape index (κ3) is 2.37. The lowest BCUT2D eigenvalue weighted by Crippen LogP contribution is -2.07. The van der Waals surface area contributed by atoms with Crippen LogP contribution in [0.5, 0.6) is 0 Å². The summed E-state index contributed by atoms with van der Waals surface area (Å²) < 4.78 is 12.9. The fourth-order valence-electron chi connectivity index (χ4n) is 1.11. The highest BCUT2D eigenvalue weighted by atomic mass is 35.5. The molecule has 0 aliphatic rings. The van der Waals surface area contributed by atoms with Gasteiger partial charge in [0.1, 0.15) is 5.82 Å². The lowest BCUT2D eigenvalue weighted by molar-refractivity contribution is 0.634. The Kier molecular flexibility index (Phi) is 4.51. The smallest absolute Gasteiger partial charge is 0.258 e. The molecule has 0 radical (unpaired) electrons. The van der Waals surface area contributed by atoms with E-state index in [1.165, 1.54) is 12.4 Å². The van der Waals surface area contributed by atoms with Gasteiger partial charge < -0.3 is 10.7 Å². The Morgan fingerprint density at radius 1 is 1.33 bits per heavy atom. The molecule has 82 valence electrons.